The first kappa shape index (κ1) is 25.2. The molecule has 38 heavy (non-hydrogen) atoms. The minimum absolute atomic E-state index is 0.0235. The van der Waals surface area contributed by atoms with E-state index in [9.17, 15) is 9.59 Å². The number of aryl methyl sites for hydroxylation is 1. The molecule has 0 bridgehead atoms. The molecular formula is C32H32N4O2. The predicted molar refractivity (Wildman–Crippen MR) is 154 cm³/mol. The molecule has 0 aliphatic heterocycles. The summed E-state index contributed by atoms with van der Waals surface area (Å²) in [5.74, 6) is -0.167. The number of hydrogen-bond acceptors (Lipinski definition) is 3. The number of fused-ring (bicyclic) bond motifs is 1. The number of carbonyl (C=O) groups excluding carboxylic acids is 1. The molecule has 0 atom stereocenters. The topological polar surface area (TPSA) is 79.8 Å². The van der Waals surface area contributed by atoms with Crippen molar-refractivity contribution in [2.75, 3.05) is 5.32 Å². The van der Waals surface area contributed by atoms with Crippen LogP contribution in [-0.4, -0.2) is 20.4 Å². The van der Waals surface area contributed by atoms with Crippen LogP contribution in [0.3, 0.4) is 0 Å². The Kier molecular flexibility index (Phi) is 6.49. The second-order valence-electron chi connectivity index (χ2n) is 10.8. The lowest BCUT2D eigenvalue weighted by molar-refractivity contribution is 0.102. The summed E-state index contributed by atoms with van der Waals surface area (Å²) in [6.45, 7) is 8.41. The quantitative estimate of drug-likeness (QED) is 0.292. The van der Waals surface area contributed by atoms with E-state index in [1.54, 1.807) is 17.8 Å². The number of amides is 1. The van der Waals surface area contributed by atoms with E-state index in [2.05, 4.69) is 31.1 Å². The number of benzene rings is 3. The van der Waals surface area contributed by atoms with Crippen molar-refractivity contribution in [2.24, 2.45) is 7.05 Å². The highest BCUT2D eigenvalue weighted by Crippen LogP contribution is 2.28. The number of carbonyl (C=O) groups is 1. The van der Waals surface area contributed by atoms with Gasteiger partial charge in [0.15, 0.2) is 0 Å². The average Bonchev–Trinajstić information content (AvgIpc) is 3.37. The molecule has 0 aliphatic rings. The van der Waals surface area contributed by atoms with Gasteiger partial charge in [-0.25, -0.2) is 4.98 Å². The molecule has 5 aromatic rings. The third-order valence-corrected chi connectivity index (χ3v) is 7.05. The van der Waals surface area contributed by atoms with Crippen molar-refractivity contribution >= 4 is 22.5 Å². The number of aromatic amines is 1. The Morgan fingerprint density at radius 1 is 1.00 bits per heavy atom. The Morgan fingerprint density at radius 3 is 2.47 bits per heavy atom. The molecule has 0 radical (unpaired) electrons. The van der Waals surface area contributed by atoms with E-state index in [0.29, 0.717) is 29.1 Å². The van der Waals surface area contributed by atoms with Crippen LogP contribution in [0.5, 0.6) is 0 Å². The lowest BCUT2D eigenvalue weighted by Crippen LogP contribution is -2.23. The maximum absolute atomic E-state index is 13.0. The SMILES string of the molecule is Cc1c(NC(=O)c2ccc(C(C)(C)C)cc2)cccc1-c1cn(C)c(=O)c(Cc2cccc3[nH]ccc23)n1. The maximum atomic E-state index is 13.0. The lowest BCUT2D eigenvalue weighted by atomic mass is 9.86. The zero-order chi connectivity index (χ0) is 27.0. The lowest BCUT2D eigenvalue weighted by Gasteiger charge is -2.19. The maximum Gasteiger partial charge on any atom is 0.272 e. The second-order valence-corrected chi connectivity index (χ2v) is 10.8. The van der Waals surface area contributed by atoms with Gasteiger partial charge in [-0.05, 0) is 59.4 Å². The minimum atomic E-state index is -0.167. The summed E-state index contributed by atoms with van der Waals surface area (Å²) in [5, 5.41) is 4.14. The Morgan fingerprint density at radius 2 is 1.74 bits per heavy atom. The first-order chi connectivity index (χ1) is 18.1. The molecule has 0 unspecified atom stereocenters. The Hall–Kier alpha value is -4.45. The van der Waals surface area contributed by atoms with Crippen molar-refractivity contribution in [3.8, 4) is 11.3 Å². The number of hydrogen-bond donors (Lipinski definition) is 2. The molecule has 0 fully saturated rings. The van der Waals surface area contributed by atoms with Gasteiger partial charge in [0.2, 0.25) is 0 Å². The Labute approximate surface area is 222 Å². The van der Waals surface area contributed by atoms with Crippen LogP contribution in [0.1, 0.15) is 53.5 Å². The number of anilines is 1. The molecule has 2 heterocycles. The molecule has 0 aliphatic carbocycles. The van der Waals surface area contributed by atoms with Gasteiger partial charge in [0.05, 0.1) is 5.69 Å². The molecule has 1 amide bonds. The van der Waals surface area contributed by atoms with Gasteiger partial charge in [-0.1, -0.05) is 57.2 Å². The standard InChI is InChI=1S/C32H32N4O2/c1-20-24(9-7-10-26(20)35-30(37)21-12-14-23(15-13-21)32(2,3)4)29-19-36(5)31(38)28(34-29)18-22-8-6-11-27-25(22)16-17-33-27/h6-17,19,33H,18H2,1-5H3,(H,35,37). The first-order valence-corrected chi connectivity index (χ1v) is 12.8. The van der Waals surface area contributed by atoms with Crippen LogP contribution in [0.15, 0.2) is 83.9 Å². The monoisotopic (exact) mass is 504 g/mol. The molecule has 5 rings (SSSR count). The molecule has 2 aromatic heterocycles. The number of aromatic nitrogens is 3. The molecule has 0 saturated carbocycles. The normalized spacial score (nSPS) is 11.6. The summed E-state index contributed by atoms with van der Waals surface area (Å²) >= 11 is 0. The van der Waals surface area contributed by atoms with Gasteiger partial charge >= 0.3 is 0 Å². The minimum Gasteiger partial charge on any atom is -0.361 e. The zero-order valence-corrected chi connectivity index (χ0v) is 22.4. The van der Waals surface area contributed by atoms with Crippen molar-refractivity contribution in [3.63, 3.8) is 0 Å². The zero-order valence-electron chi connectivity index (χ0n) is 22.4. The van der Waals surface area contributed by atoms with Crippen LogP contribution in [-0.2, 0) is 18.9 Å². The van der Waals surface area contributed by atoms with Crippen LogP contribution in [0.4, 0.5) is 5.69 Å². The fourth-order valence-electron chi connectivity index (χ4n) is 4.76. The van der Waals surface area contributed by atoms with Gasteiger partial charge in [-0.3, -0.25) is 9.59 Å². The first-order valence-electron chi connectivity index (χ1n) is 12.8. The summed E-state index contributed by atoms with van der Waals surface area (Å²) in [4.78, 5) is 34.1. The number of nitrogens with zero attached hydrogens (tertiary/aromatic N) is 2. The molecule has 0 spiro atoms. The van der Waals surface area contributed by atoms with Gasteiger partial charge in [-0.2, -0.15) is 0 Å². The number of H-pyrrole nitrogens is 1. The van der Waals surface area contributed by atoms with Crippen molar-refractivity contribution < 1.29 is 4.79 Å². The summed E-state index contributed by atoms with van der Waals surface area (Å²) in [6, 6.07) is 21.5. The average molecular weight is 505 g/mol. The van der Waals surface area contributed by atoms with Crippen LogP contribution in [0.25, 0.3) is 22.2 Å². The van der Waals surface area contributed by atoms with E-state index in [-0.39, 0.29) is 16.9 Å². The van der Waals surface area contributed by atoms with Gasteiger partial charge in [0, 0.05) is 53.6 Å². The van der Waals surface area contributed by atoms with Gasteiger partial charge < -0.3 is 14.9 Å². The summed E-state index contributed by atoms with van der Waals surface area (Å²) in [6.07, 6.45) is 4.08. The molecule has 192 valence electrons. The smallest absolute Gasteiger partial charge is 0.272 e. The van der Waals surface area contributed by atoms with E-state index in [4.69, 9.17) is 4.98 Å². The van der Waals surface area contributed by atoms with Crippen molar-refractivity contribution in [2.45, 2.75) is 39.5 Å². The fourth-order valence-corrected chi connectivity index (χ4v) is 4.76. The van der Waals surface area contributed by atoms with E-state index in [1.807, 2.05) is 79.9 Å². The van der Waals surface area contributed by atoms with Crippen LogP contribution < -0.4 is 10.9 Å². The molecule has 6 nitrogen and oxygen atoms in total. The van der Waals surface area contributed by atoms with E-state index < -0.39 is 0 Å². The Bertz CT molecular complexity index is 1700. The van der Waals surface area contributed by atoms with E-state index >= 15 is 0 Å². The second kappa shape index (κ2) is 9.78. The molecular weight excluding hydrogens is 472 g/mol. The third-order valence-electron chi connectivity index (χ3n) is 7.05. The van der Waals surface area contributed by atoms with Crippen LogP contribution >= 0.6 is 0 Å². The van der Waals surface area contributed by atoms with Crippen molar-refractivity contribution in [3.05, 3.63) is 117 Å². The summed E-state index contributed by atoms with van der Waals surface area (Å²) < 4.78 is 1.58. The molecule has 3 aromatic carbocycles. The van der Waals surface area contributed by atoms with E-state index in [1.165, 1.54) is 5.56 Å². The summed E-state index contributed by atoms with van der Waals surface area (Å²) in [5.41, 5.74) is 7.38. The van der Waals surface area contributed by atoms with Crippen molar-refractivity contribution in [1.29, 1.82) is 0 Å². The molecule has 0 saturated heterocycles. The van der Waals surface area contributed by atoms with Crippen molar-refractivity contribution in [1.82, 2.24) is 14.5 Å². The van der Waals surface area contributed by atoms with Gasteiger partial charge in [0.25, 0.3) is 11.5 Å². The highest BCUT2D eigenvalue weighted by Gasteiger charge is 2.17. The third kappa shape index (κ3) is 4.90. The summed E-state index contributed by atoms with van der Waals surface area (Å²) in [7, 11) is 1.75. The molecule has 2 N–H and O–H groups in total. The highest BCUT2D eigenvalue weighted by molar-refractivity contribution is 6.05. The van der Waals surface area contributed by atoms with Crippen LogP contribution in [0, 0.1) is 6.92 Å². The van der Waals surface area contributed by atoms with Gasteiger partial charge in [0.1, 0.15) is 5.69 Å². The van der Waals surface area contributed by atoms with Crippen LogP contribution in [0.2, 0.25) is 0 Å². The number of nitrogens with one attached hydrogen (secondary N) is 2. The number of rotatable bonds is 5. The predicted octanol–water partition coefficient (Wildman–Crippen LogP) is 6.38. The molecule has 6 heteroatoms. The largest absolute Gasteiger partial charge is 0.361 e. The highest BCUT2D eigenvalue weighted by atomic mass is 16.1. The fraction of sp³-hybridized carbons (Fsp3) is 0.219. The van der Waals surface area contributed by atoms with E-state index in [0.717, 1.165) is 27.6 Å². The van der Waals surface area contributed by atoms with Gasteiger partial charge in [-0.15, -0.1) is 0 Å². The Balaban J connectivity index is 1.45.